The van der Waals surface area contributed by atoms with Gasteiger partial charge in [-0.25, -0.2) is 0 Å². The summed E-state index contributed by atoms with van der Waals surface area (Å²) in [6.07, 6.45) is 0. The van der Waals surface area contributed by atoms with Crippen LogP contribution in [0.15, 0.2) is 12.1 Å². The molecule has 1 aromatic heterocycles. The number of nitrogens with zero attached hydrogens (tertiary/aromatic N) is 2. The highest BCUT2D eigenvalue weighted by Crippen LogP contribution is 2.39. The van der Waals surface area contributed by atoms with E-state index in [1.807, 2.05) is 0 Å². The number of hydrogen-bond acceptors (Lipinski definition) is 5. The molecule has 0 fully saturated rings. The van der Waals surface area contributed by atoms with Crippen LogP contribution in [-0.2, 0) is 0 Å². The molecule has 0 aliphatic rings. The number of thiophene rings is 1. The number of nitro groups is 2. The molecule has 0 aliphatic carbocycles. The lowest BCUT2D eigenvalue weighted by Crippen LogP contribution is -2.35. The molecule has 8 heteroatoms. The van der Waals surface area contributed by atoms with Crippen LogP contribution in [0.25, 0.3) is 0 Å². The fraction of sp³-hybridized carbons (Fsp3) is 0.500. The van der Waals surface area contributed by atoms with E-state index in [9.17, 15) is 20.2 Å². The van der Waals surface area contributed by atoms with Gasteiger partial charge in [-0.2, -0.15) is 0 Å². The van der Waals surface area contributed by atoms with Gasteiger partial charge < -0.3 is 0 Å². The van der Waals surface area contributed by atoms with Crippen LogP contribution in [0.4, 0.5) is 5.00 Å². The van der Waals surface area contributed by atoms with E-state index in [1.165, 1.54) is 26.0 Å². The second-order valence-corrected chi connectivity index (χ2v) is 5.24. The zero-order valence-electron chi connectivity index (χ0n) is 8.55. The van der Waals surface area contributed by atoms with Gasteiger partial charge in [0.1, 0.15) is 5.38 Å². The average Bonchev–Trinajstić information content (AvgIpc) is 2.64. The predicted octanol–water partition coefficient (Wildman–Crippen LogP) is 2.99. The van der Waals surface area contributed by atoms with Crippen molar-refractivity contribution < 1.29 is 9.85 Å². The Morgan fingerprint density at radius 3 is 2.31 bits per heavy atom. The summed E-state index contributed by atoms with van der Waals surface area (Å²) in [4.78, 5) is 20.6. The van der Waals surface area contributed by atoms with E-state index in [2.05, 4.69) is 0 Å². The van der Waals surface area contributed by atoms with Crippen LogP contribution in [0.3, 0.4) is 0 Å². The van der Waals surface area contributed by atoms with Crippen LogP contribution in [-0.4, -0.2) is 15.4 Å². The van der Waals surface area contributed by atoms with E-state index >= 15 is 0 Å². The molecule has 16 heavy (non-hydrogen) atoms. The van der Waals surface area contributed by atoms with E-state index < -0.39 is 20.8 Å². The number of alkyl halides is 1. The van der Waals surface area contributed by atoms with Gasteiger partial charge in [-0.3, -0.25) is 20.2 Å². The molecule has 0 aliphatic heterocycles. The van der Waals surface area contributed by atoms with Gasteiger partial charge in [-0.15, -0.1) is 11.6 Å². The Kier molecular flexibility index (Phi) is 3.49. The molecule has 1 aromatic rings. The summed E-state index contributed by atoms with van der Waals surface area (Å²) in [5, 5.41) is 20.3. The molecular weight excluding hydrogens is 256 g/mol. The molecule has 0 saturated carbocycles. The van der Waals surface area contributed by atoms with Crippen molar-refractivity contribution in [3.05, 3.63) is 37.2 Å². The normalized spacial score (nSPS) is 13.4. The van der Waals surface area contributed by atoms with Gasteiger partial charge in [0.15, 0.2) is 0 Å². The van der Waals surface area contributed by atoms with Gasteiger partial charge in [0.05, 0.1) is 4.92 Å². The summed E-state index contributed by atoms with van der Waals surface area (Å²) in [6.45, 7) is 2.77. The second-order valence-electron chi connectivity index (χ2n) is 3.71. The van der Waals surface area contributed by atoms with Crippen molar-refractivity contribution in [2.24, 2.45) is 0 Å². The topological polar surface area (TPSA) is 86.3 Å². The van der Waals surface area contributed by atoms with Gasteiger partial charge in [0.2, 0.25) is 5.54 Å². The van der Waals surface area contributed by atoms with Crippen LogP contribution in [0, 0.1) is 20.2 Å². The first-order valence-electron chi connectivity index (χ1n) is 4.29. The van der Waals surface area contributed by atoms with Crippen molar-refractivity contribution in [1.29, 1.82) is 0 Å². The van der Waals surface area contributed by atoms with E-state index in [0.29, 0.717) is 4.88 Å². The van der Waals surface area contributed by atoms with Crippen LogP contribution in [0.1, 0.15) is 24.1 Å². The highest BCUT2D eigenvalue weighted by atomic mass is 35.5. The number of hydrogen-bond donors (Lipinski definition) is 0. The van der Waals surface area contributed by atoms with E-state index in [-0.39, 0.29) is 5.00 Å². The molecule has 88 valence electrons. The average molecular weight is 265 g/mol. The largest absolute Gasteiger partial charge is 0.324 e. The van der Waals surface area contributed by atoms with Crippen molar-refractivity contribution in [2.75, 3.05) is 0 Å². The monoisotopic (exact) mass is 264 g/mol. The van der Waals surface area contributed by atoms with Crippen molar-refractivity contribution in [3.8, 4) is 0 Å². The minimum absolute atomic E-state index is 0.0696. The molecule has 1 atom stereocenters. The first-order valence-corrected chi connectivity index (χ1v) is 5.54. The van der Waals surface area contributed by atoms with Gasteiger partial charge >= 0.3 is 5.00 Å². The third-order valence-electron chi connectivity index (χ3n) is 2.13. The van der Waals surface area contributed by atoms with Gasteiger partial charge in [0.25, 0.3) is 0 Å². The maximum atomic E-state index is 10.8. The van der Waals surface area contributed by atoms with Crippen molar-refractivity contribution in [2.45, 2.75) is 24.8 Å². The van der Waals surface area contributed by atoms with Gasteiger partial charge in [-0.1, -0.05) is 11.3 Å². The number of rotatable bonds is 4. The van der Waals surface area contributed by atoms with E-state index in [0.717, 1.165) is 11.3 Å². The highest BCUT2D eigenvalue weighted by molar-refractivity contribution is 7.15. The molecule has 0 aromatic carbocycles. The minimum atomic E-state index is -1.36. The fourth-order valence-corrected chi connectivity index (χ4v) is 2.28. The van der Waals surface area contributed by atoms with E-state index in [1.54, 1.807) is 0 Å². The molecule has 0 amide bonds. The fourth-order valence-electron chi connectivity index (χ4n) is 1.02. The van der Waals surface area contributed by atoms with Crippen molar-refractivity contribution in [1.82, 2.24) is 0 Å². The van der Waals surface area contributed by atoms with Crippen LogP contribution in [0.2, 0.25) is 0 Å². The predicted molar refractivity (Wildman–Crippen MR) is 60.6 cm³/mol. The molecule has 1 unspecified atom stereocenters. The molecule has 0 bridgehead atoms. The Morgan fingerprint density at radius 1 is 1.38 bits per heavy atom. The third-order valence-corrected chi connectivity index (χ3v) is 4.13. The molecular formula is C8H9ClN2O4S. The lowest BCUT2D eigenvalue weighted by molar-refractivity contribution is -0.561. The highest BCUT2D eigenvalue weighted by Gasteiger charge is 2.42. The first-order chi connectivity index (χ1) is 7.26. The lowest BCUT2D eigenvalue weighted by atomic mass is 10.0. The van der Waals surface area contributed by atoms with Crippen LogP contribution in [0.5, 0.6) is 0 Å². The molecule has 0 saturated heterocycles. The summed E-state index contributed by atoms with van der Waals surface area (Å²) in [5.74, 6) is 0. The van der Waals surface area contributed by atoms with E-state index in [4.69, 9.17) is 11.6 Å². The standard InChI is InChI=1S/C8H9ClN2O4S/c1-8(2,11(14)15)7(9)5-3-4-6(16-5)10(12)13/h3-4,7H,1-2H3. The molecule has 1 rings (SSSR count). The summed E-state index contributed by atoms with van der Waals surface area (Å²) in [5.41, 5.74) is -1.36. The summed E-state index contributed by atoms with van der Waals surface area (Å²) < 4.78 is 0. The lowest BCUT2D eigenvalue weighted by Gasteiger charge is -2.19. The zero-order chi connectivity index (χ0) is 12.5. The Bertz CT molecular complexity index is 431. The summed E-state index contributed by atoms with van der Waals surface area (Å²) in [7, 11) is 0. The Morgan fingerprint density at radius 2 is 1.94 bits per heavy atom. The SMILES string of the molecule is CC(C)(C(Cl)c1ccc([N+](=O)[O-])s1)[N+](=O)[O-]. The summed E-state index contributed by atoms with van der Waals surface area (Å²) in [6, 6.07) is 2.75. The smallest absolute Gasteiger partial charge is 0.264 e. The maximum Gasteiger partial charge on any atom is 0.324 e. The third kappa shape index (κ3) is 2.30. The number of halogens is 1. The Labute approximate surface area is 100 Å². The van der Waals surface area contributed by atoms with Crippen molar-refractivity contribution in [3.63, 3.8) is 0 Å². The minimum Gasteiger partial charge on any atom is -0.264 e. The van der Waals surface area contributed by atoms with Crippen LogP contribution < -0.4 is 0 Å². The quantitative estimate of drug-likeness (QED) is 0.475. The summed E-state index contributed by atoms with van der Waals surface area (Å²) >= 11 is 6.81. The molecule has 1 heterocycles. The molecule has 0 N–H and O–H groups in total. The Balaban J connectivity index is 3.01. The second kappa shape index (κ2) is 4.34. The van der Waals surface area contributed by atoms with Crippen molar-refractivity contribution >= 4 is 27.9 Å². The molecule has 0 spiro atoms. The van der Waals surface area contributed by atoms with Gasteiger partial charge in [0, 0.05) is 29.7 Å². The van der Waals surface area contributed by atoms with Gasteiger partial charge in [-0.05, 0) is 6.07 Å². The molecule has 0 radical (unpaired) electrons. The maximum absolute atomic E-state index is 10.8. The van der Waals surface area contributed by atoms with Crippen LogP contribution >= 0.6 is 22.9 Å². The zero-order valence-corrected chi connectivity index (χ0v) is 10.1. The molecule has 6 nitrogen and oxygen atoms in total. The first kappa shape index (κ1) is 12.9. The Hall–Kier alpha value is -1.21.